The lowest BCUT2D eigenvalue weighted by Crippen LogP contribution is -2.31. The Kier molecular flexibility index (Phi) is 6.60. The second kappa shape index (κ2) is 8.67. The maximum Gasteiger partial charge on any atom is 0.155 e. The van der Waals surface area contributed by atoms with E-state index in [1.807, 2.05) is 5.71 Å². The van der Waals surface area contributed by atoms with Crippen LogP contribution >= 0.6 is 0 Å². The van der Waals surface area contributed by atoms with Crippen LogP contribution in [0.3, 0.4) is 0 Å². The fourth-order valence-corrected chi connectivity index (χ4v) is 5.47. The Morgan fingerprint density at radius 2 is 1.39 bits per heavy atom. The highest BCUT2D eigenvalue weighted by Crippen LogP contribution is 2.45. The lowest BCUT2D eigenvalue weighted by molar-refractivity contribution is -0.502. The summed E-state index contributed by atoms with van der Waals surface area (Å²) in [4.78, 5) is 0. The van der Waals surface area contributed by atoms with Gasteiger partial charge in [0.05, 0.1) is 0 Å². The molecule has 0 spiro atoms. The van der Waals surface area contributed by atoms with Crippen LogP contribution in [0.2, 0.25) is 0 Å². The molecule has 0 aromatic carbocycles. The first-order chi connectivity index (χ1) is 11.3. The van der Waals surface area contributed by atoms with Gasteiger partial charge in [0.1, 0.15) is 13.6 Å². The van der Waals surface area contributed by atoms with Crippen LogP contribution in [0.1, 0.15) is 96.8 Å². The van der Waals surface area contributed by atoms with E-state index >= 15 is 0 Å². The van der Waals surface area contributed by atoms with Gasteiger partial charge in [-0.1, -0.05) is 45.4 Å². The van der Waals surface area contributed by atoms with E-state index in [4.69, 9.17) is 0 Å². The quantitative estimate of drug-likeness (QED) is 0.517. The molecule has 2 aliphatic carbocycles. The number of hydrogen-bond acceptors (Lipinski definition) is 0. The Hall–Kier alpha value is -0.330. The Bertz CT molecular complexity index is 397. The van der Waals surface area contributed by atoms with Gasteiger partial charge in [-0.3, -0.25) is 0 Å². The SMILES string of the molecule is CC1CCCCCCCCC1C1=[N+](C)CCCC2CC2CCC1. The minimum Gasteiger partial charge on any atom is -0.239 e. The summed E-state index contributed by atoms with van der Waals surface area (Å²) in [7, 11) is 2.41. The molecule has 3 aliphatic rings. The van der Waals surface area contributed by atoms with Crippen molar-refractivity contribution in [1.82, 2.24) is 0 Å². The Morgan fingerprint density at radius 3 is 2.17 bits per heavy atom. The van der Waals surface area contributed by atoms with E-state index in [0.29, 0.717) is 0 Å². The number of nitrogens with zero attached hydrogens (tertiary/aromatic N) is 1. The van der Waals surface area contributed by atoms with Crippen LogP contribution in [-0.4, -0.2) is 23.9 Å². The zero-order valence-corrected chi connectivity index (χ0v) is 15.9. The first-order valence-corrected chi connectivity index (χ1v) is 10.8. The molecule has 2 fully saturated rings. The molecule has 4 unspecified atom stereocenters. The van der Waals surface area contributed by atoms with Crippen molar-refractivity contribution in [3.05, 3.63) is 0 Å². The van der Waals surface area contributed by atoms with Crippen molar-refractivity contribution < 1.29 is 4.58 Å². The van der Waals surface area contributed by atoms with E-state index in [0.717, 1.165) is 23.7 Å². The highest BCUT2D eigenvalue weighted by Gasteiger charge is 2.37. The van der Waals surface area contributed by atoms with Crippen molar-refractivity contribution in [2.75, 3.05) is 13.6 Å². The van der Waals surface area contributed by atoms with Crippen molar-refractivity contribution in [2.45, 2.75) is 96.8 Å². The molecule has 0 N–H and O–H groups in total. The van der Waals surface area contributed by atoms with Crippen molar-refractivity contribution in [1.29, 1.82) is 0 Å². The standard InChI is InChI=1S/C22H40N/c1-18-11-7-5-3-4-6-8-14-21(18)22-15-9-12-19-17-20(19)13-10-16-23(22)2/h18-21H,3-17H2,1-2H3/q+1. The second-order valence-electron chi connectivity index (χ2n) is 8.99. The molecule has 3 rings (SSSR count). The molecule has 23 heavy (non-hydrogen) atoms. The first-order valence-electron chi connectivity index (χ1n) is 10.8. The Labute approximate surface area is 144 Å². The highest BCUT2D eigenvalue weighted by molar-refractivity contribution is 5.82. The average Bonchev–Trinajstić information content (AvgIpc) is 3.29. The summed E-state index contributed by atoms with van der Waals surface area (Å²) in [6.07, 6.45) is 20.7. The Morgan fingerprint density at radius 1 is 0.739 bits per heavy atom. The van der Waals surface area contributed by atoms with Crippen LogP contribution in [0.5, 0.6) is 0 Å². The highest BCUT2D eigenvalue weighted by atomic mass is 15.0. The van der Waals surface area contributed by atoms with Crippen molar-refractivity contribution >= 4 is 5.71 Å². The third-order valence-electron chi connectivity index (χ3n) is 7.18. The zero-order chi connectivity index (χ0) is 16.1. The van der Waals surface area contributed by atoms with Crippen molar-refractivity contribution in [3.8, 4) is 0 Å². The van der Waals surface area contributed by atoms with E-state index < -0.39 is 0 Å². The minimum atomic E-state index is 0.882. The van der Waals surface area contributed by atoms with Gasteiger partial charge in [0.2, 0.25) is 0 Å². The fraction of sp³-hybridized carbons (Fsp3) is 0.955. The van der Waals surface area contributed by atoms with Crippen LogP contribution in [0, 0.1) is 23.7 Å². The second-order valence-corrected chi connectivity index (χ2v) is 8.99. The molecule has 0 saturated heterocycles. The van der Waals surface area contributed by atoms with Crippen LogP contribution < -0.4 is 0 Å². The van der Waals surface area contributed by atoms with Crippen molar-refractivity contribution in [3.63, 3.8) is 0 Å². The molecule has 132 valence electrons. The van der Waals surface area contributed by atoms with Gasteiger partial charge in [-0.05, 0) is 56.3 Å². The van der Waals surface area contributed by atoms with E-state index in [9.17, 15) is 0 Å². The largest absolute Gasteiger partial charge is 0.239 e. The van der Waals surface area contributed by atoms with Gasteiger partial charge in [0.15, 0.2) is 5.71 Å². The average molecular weight is 319 g/mol. The van der Waals surface area contributed by atoms with Crippen LogP contribution in [0.4, 0.5) is 0 Å². The number of hydrogen-bond donors (Lipinski definition) is 0. The van der Waals surface area contributed by atoms with Gasteiger partial charge in [0.25, 0.3) is 0 Å². The topological polar surface area (TPSA) is 3.01 Å². The summed E-state index contributed by atoms with van der Waals surface area (Å²) < 4.78 is 2.70. The molecule has 1 heterocycles. The molecule has 0 bridgehead atoms. The van der Waals surface area contributed by atoms with E-state index in [-0.39, 0.29) is 0 Å². The van der Waals surface area contributed by atoms with Crippen LogP contribution in [0.15, 0.2) is 0 Å². The molecular weight excluding hydrogens is 278 g/mol. The lowest BCUT2D eigenvalue weighted by atomic mass is 9.79. The lowest BCUT2D eigenvalue weighted by Gasteiger charge is -2.26. The monoisotopic (exact) mass is 318 g/mol. The summed E-state index contributed by atoms with van der Waals surface area (Å²) >= 11 is 0. The van der Waals surface area contributed by atoms with Gasteiger partial charge < -0.3 is 0 Å². The first kappa shape index (κ1) is 17.5. The van der Waals surface area contributed by atoms with Gasteiger partial charge in [0, 0.05) is 18.8 Å². The normalized spacial score (nSPS) is 37.8. The van der Waals surface area contributed by atoms with E-state index in [1.54, 1.807) is 6.42 Å². The molecule has 0 amide bonds. The van der Waals surface area contributed by atoms with Gasteiger partial charge >= 0.3 is 0 Å². The molecular formula is C22H40N+. The smallest absolute Gasteiger partial charge is 0.155 e. The van der Waals surface area contributed by atoms with Gasteiger partial charge in [-0.15, -0.1) is 0 Å². The van der Waals surface area contributed by atoms with Crippen LogP contribution in [0.25, 0.3) is 0 Å². The third kappa shape index (κ3) is 5.07. The predicted molar refractivity (Wildman–Crippen MR) is 100 cm³/mol. The maximum absolute atomic E-state index is 2.70. The number of rotatable bonds is 1. The zero-order valence-electron chi connectivity index (χ0n) is 15.9. The predicted octanol–water partition coefficient (Wildman–Crippen LogP) is 6.06. The molecule has 0 aromatic rings. The summed E-state index contributed by atoms with van der Waals surface area (Å²) in [6, 6.07) is 0. The fourth-order valence-electron chi connectivity index (χ4n) is 5.47. The third-order valence-corrected chi connectivity index (χ3v) is 7.18. The molecule has 2 saturated carbocycles. The number of fused-ring (bicyclic) bond motifs is 1. The van der Waals surface area contributed by atoms with E-state index in [2.05, 4.69) is 18.5 Å². The molecule has 1 heteroatoms. The van der Waals surface area contributed by atoms with Crippen LogP contribution in [-0.2, 0) is 0 Å². The molecule has 0 radical (unpaired) electrons. The summed E-state index contributed by atoms with van der Waals surface area (Å²) in [6.45, 7) is 3.88. The van der Waals surface area contributed by atoms with E-state index in [1.165, 1.54) is 90.0 Å². The summed E-state index contributed by atoms with van der Waals surface area (Å²) in [5.74, 6) is 4.01. The summed E-state index contributed by atoms with van der Waals surface area (Å²) in [5.41, 5.74) is 1.84. The molecule has 0 aromatic heterocycles. The van der Waals surface area contributed by atoms with Gasteiger partial charge in [-0.25, -0.2) is 4.58 Å². The minimum absolute atomic E-state index is 0.882. The van der Waals surface area contributed by atoms with Crippen molar-refractivity contribution in [2.24, 2.45) is 23.7 Å². The maximum atomic E-state index is 2.70. The van der Waals surface area contributed by atoms with Gasteiger partial charge in [-0.2, -0.15) is 0 Å². The molecule has 4 atom stereocenters. The molecule has 1 nitrogen and oxygen atoms in total. The summed E-state index contributed by atoms with van der Waals surface area (Å²) in [5, 5.41) is 0. The molecule has 1 aliphatic heterocycles. The Balaban J connectivity index is 1.69.